The average Bonchev–Trinajstić information content (AvgIpc) is 2.81. The summed E-state index contributed by atoms with van der Waals surface area (Å²) in [6.07, 6.45) is 0.821. The van der Waals surface area contributed by atoms with Gasteiger partial charge in [0.25, 0.3) is 5.91 Å². The van der Waals surface area contributed by atoms with E-state index in [0.29, 0.717) is 5.56 Å². The van der Waals surface area contributed by atoms with Crippen molar-refractivity contribution in [2.45, 2.75) is 19.8 Å². The normalized spacial score (nSPS) is 11.2. The number of amides is 2. The first-order valence-corrected chi connectivity index (χ1v) is 11.7. The fourth-order valence-corrected chi connectivity index (χ4v) is 5.38. The third-order valence-corrected chi connectivity index (χ3v) is 7.00. The lowest BCUT2D eigenvalue weighted by atomic mass is 10.2. The van der Waals surface area contributed by atoms with Crippen LogP contribution in [0, 0.1) is 0 Å². The smallest absolute Gasteiger partial charge is 0.436 e. The lowest BCUT2D eigenvalue weighted by Gasteiger charge is -2.19. The summed E-state index contributed by atoms with van der Waals surface area (Å²) in [6.45, 7) is 2.26. The number of ether oxygens (including phenoxy) is 1. The van der Waals surface area contributed by atoms with Crippen molar-refractivity contribution in [2.75, 3.05) is 6.61 Å². The van der Waals surface area contributed by atoms with Crippen molar-refractivity contribution in [1.82, 2.24) is 5.32 Å². The molecule has 0 unspecified atom stereocenters. The van der Waals surface area contributed by atoms with Crippen LogP contribution < -0.4 is 27.0 Å². The molecule has 0 aliphatic rings. The molecule has 0 saturated carbocycles. The Kier molecular flexibility index (Phi) is 8.52. The number of hydrogen-bond acceptors (Lipinski definition) is 3. The van der Waals surface area contributed by atoms with Crippen molar-refractivity contribution in [1.29, 1.82) is 0 Å². The molecule has 3 rings (SSSR count). The number of carbonyl (C=O) groups is 2. The Balaban J connectivity index is 1.81. The largest absolute Gasteiger partial charge is 0.448 e. The first-order chi connectivity index (χ1) is 15.6. The molecule has 2 amide bonds. The summed E-state index contributed by atoms with van der Waals surface area (Å²) in [5.41, 5.74) is 6.15. The van der Waals surface area contributed by atoms with E-state index in [9.17, 15) is 9.59 Å². The van der Waals surface area contributed by atoms with E-state index in [1.54, 1.807) is 6.07 Å². The number of carbonyl (C=O) groups excluding carboxylic acids is 2. The Bertz CT molecular complexity index is 1030. The van der Waals surface area contributed by atoms with Gasteiger partial charge in [-0.3, -0.25) is 10.1 Å². The molecule has 0 aromatic heterocycles. The van der Waals surface area contributed by atoms with Crippen LogP contribution in [0.15, 0.2) is 89.9 Å². The van der Waals surface area contributed by atoms with E-state index in [4.69, 9.17) is 10.5 Å². The average molecular weight is 447 g/mol. The molecule has 0 heterocycles. The van der Waals surface area contributed by atoms with Gasteiger partial charge in [-0.25, -0.2) is 4.79 Å². The topological polar surface area (TPSA) is 93.8 Å². The molecule has 0 atom stereocenters. The third kappa shape index (κ3) is 6.50. The molecule has 0 fully saturated rings. The summed E-state index contributed by atoms with van der Waals surface area (Å²) < 4.78 is 4.93. The standard InChI is InChI=1S/C25H26N3O3P/c1-2-3-17-31-25(30)28-24(26)27-23(29)19-11-10-16-22(18-19)32(20-12-6-4-7-13-20)21-14-8-5-9-15-21/h4-16,18H,2-3,17H2,1H3,(H3,26,27,28,29,30). The highest BCUT2D eigenvalue weighted by molar-refractivity contribution is 7.79. The van der Waals surface area contributed by atoms with Gasteiger partial charge in [-0.15, -0.1) is 4.99 Å². The maximum Gasteiger partial charge on any atom is 0.436 e. The van der Waals surface area contributed by atoms with E-state index in [0.717, 1.165) is 18.1 Å². The van der Waals surface area contributed by atoms with E-state index in [1.165, 1.54) is 10.6 Å². The summed E-state index contributed by atoms with van der Waals surface area (Å²) >= 11 is 0. The molecule has 0 saturated heterocycles. The van der Waals surface area contributed by atoms with Gasteiger partial charge in [-0.1, -0.05) is 86.1 Å². The Labute approximate surface area is 189 Å². The highest BCUT2D eigenvalue weighted by atomic mass is 31.1. The van der Waals surface area contributed by atoms with Crippen molar-refractivity contribution in [3.63, 3.8) is 0 Å². The number of nitrogens with zero attached hydrogens (tertiary/aromatic N) is 1. The maximum absolute atomic E-state index is 12.7. The fourth-order valence-electron chi connectivity index (χ4n) is 3.04. The van der Waals surface area contributed by atoms with Crippen LogP contribution in [0.3, 0.4) is 0 Å². The molecule has 0 radical (unpaired) electrons. The molecule has 164 valence electrons. The van der Waals surface area contributed by atoms with Crippen molar-refractivity contribution in [3.05, 3.63) is 90.5 Å². The first kappa shape index (κ1) is 23.2. The predicted molar refractivity (Wildman–Crippen MR) is 130 cm³/mol. The second-order valence-electron chi connectivity index (χ2n) is 6.98. The van der Waals surface area contributed by atoms with Crippen LogP contribution in [0.2, 0.25) is 0 Å². The van der Waals surface area contributed by atoms with Gasteiger partial charge in [-0.2, -0.15) is 0 Å². The Morgan fingerprint density at radius 3 is 2.09 bits per heavy atom. The van der Waals surface area contributed by atoms with Gasteiger partial charge in [0.1, 0.15) is 0 Å². The van der Waals surface area contributed by atoms with E-state index in [1.807, 2.05) is 61.5 Å². The molecule has 0 aliphatic carbocycles. The predicted octanol–water partition coefficient (Wildman–Crippen LogP) is 3.43. The summed E-state index contributed by atoms with van der Waals surface area (Å²) in [7, 11) is -0.846. The van der Waals surface area contributed by atoms with Crippen LogP contribution >= 0.6 is 7.92 Å². The van der Waals surface area contributed by atoms with Crippen molar-refractivity contribution >= 4 is 41.8 Å². The van der Waals surface area contributed by atoms with E-state index in [2.05, 4.69) is 34.6 Å². The highest BCUT2D eigenvalue weighted by Crippen LogP contribution is 2.32. The number of guanidine groups is 1. The van der Waals surface area contributed by atoms with E-state index in [-0.39, 0.29) is 12.6 Å². The summed E-state index contributed by atoms with van der Waals surface area (Å²) in [4.78, 5) is 28.0. The van der Waals surface area contributed by atoms with Crippen LogP contribution in [0.4, 0.5) is 4.79 Å². The molecule has 3 aromatic rings. The quantitative estimate of drug-likeness (QED) is 0.251. The number of rotatable bonds is 7. The van der Waals surface area contributed by atoms with Crippen LogP contribution in [0.25, 0.3) is 0 Å². The fraction of sp³-hybridized carbons (Fsp3) is 0.160. The zero-order valence-electron chi connectivity index (χ0n) is 17.9. The van der Waals surface area contributed by atoms with Gasteiger partial charge in [0.15, 0.2) is 0 Å². The van der Waals surface area contributed by atoms with Gasteiger partial charge in [0, 0.05) is 5.56 Å². The van der Waals surface area contributed by atoms with Gasteiger partial charge in [-0.05, 0) is 42.4 Å². The molecule has 0 aliphatic heterocycles. The third-order valence-electron chi connectivity index (χ3n) is 4.57. The number of unbranched alkanes of at least 4 members (excludes halogenated alkanes) is 1. The SMILES string of the molecule is CCCCOC(=O)N=C(N)NC(=O)c1cccc(P(c2ccccc2)c2ccccc2)c1. The summed E-state index contributed by atoms with van der Waals surface area (Å²) in [5, 5.41) is 5.85. The highest BCUT2D eigenvalue weighted by Gasteiger charge is 2.18. The molecule has 3 N–H and O–H groups in total. The van der Waals surface area contributed by atoms with Gasteiger partial charge >= 0.3 is 6.09 Å². The molecular weight excluding hydrogens is 421 g/mol. The summed E-state index contributed by atoms with van der Waals surface area (Å²) in [6, 6.07) is 27.8. The van der Waals surface area contributed by atoms with Crippen LogP contribution in [0.5, 0.6) is 0 Å². The van der Waals surface area contributed by atoms with Crippen LogP contribution in [-0.4, -0.2) is 24.6 Å². The Morgan fingerprint density at radius 2 is 1.50 bits per heavy atom. The first-order valence-electron chi connectivity index (χ1n) is 10.4. The lowest BCUT2D eigenvalue weighted by molar-refractivity contribution is 0.0976. The zero-order chi connectivity index (χ0) is 22.8. The molecule has 0 spiro atoms. The molecule has 32 heavy (non-hydrogen) atoms. The minimum absolute atomic E-state index is 0.268. The van der Waals surface area contributed by atoms with Gasteiger partial charge < -0.3 is 10.5 Å². The molecular formula is C25H26N3O3P. The number of nitrogens with one attached hydrogen (secondary N) is 1. The number of benzene rings is 3. The van der Waals surface area contributed by atoms with Crippen LogP contribution in [-0.2, 0) is 4.74 Å². The maximum atomic E-state index is 12.7. The van der Waals surface area contributed by atoms with Crippen LogP contribution in [0.1, 0.15) is 30.1 Å². The minimum Gasteiger partial charge on any atom is -0.448 e. The van der Waals surface area contributed by atoms with Crippen molar-refractivity contribution in [2.24, 2.45) is 10.7 Å². The number of hydrogen-bond donors (Lipinski definition) is 2. The lowest BCUT2D eigenvalue weighted by Crippen LogP contribution is -2.37. The molecule has 0 bridgehead atoms. The Morgan fingerprint density at radius 1 is 0.906 bits per heavy atom. The Hall–Kier alpha value is -3.50. The van der Waals surface area contributed by atoms with E-state index < -0.39 is 19.9 Å². The summed E-state index contributed by atoms with van der Waals surface area (Å²) in [5.74, 6) is -0.735. The second kappa shape index (κ2) is 11.8. The van der Waals surface area contributed by atoms with Gasteiger partial charge in [0.05, 0.1) is 6.61 Å². The molecule has 3 aromatic carbocycles. The molecule has 6 nitrogen and oxygen atoms in total. The second-order valence-corrected chi connectivity index (χ2v) is 9.20. The zero-order valence-corrected chi connectivity index (χ0v) is 18.8. The minimum atomic E-state index is -0.846. The van der Waals surface area contributed by atoms with Gasteiger partial charge in [0.2, 0.25) is 5.96 Å². The van der Waals surface area contributed by atoms with E-state index >= 15 is 0 Å². The van der Waals surface area contributed by atoms with Crippen molar-refractivity contribution in [3.8, 4) is 0 Å². The molecule has 7 heteroatoms. The van der Waals surface area contributed by atoms with Crippen molar-refractivity contribution < 1.29 is 14.3 Å². The monoisotopic (exact) mass is 447 g/mol. The number of nitrogens with two attached hydrogens (primary N) is 1. The number of aliphatic imine (C=N–C) groups is 1.